The fourth-order valence-electron chi connectivity index (χ4n) is 2.26. The van der Waals surface area contributed by atoms with Crippen LogP contribution in [0, 0.1) is 0 Å². The summed E-state index contributed by atoms with van der Waals surface area (Å²) >= 11 is 0. The number of nitrogens with zero attached hydrogens (tertiary/aromatic N) is 1. The van der Waals surface area contributed by atoms with Gasteiger partial charge in [-0.15, -0.1) is 0 Å². The Morgan fingerprint density at radius 1 is 1.20 bits per heavy atom. The summed E-state index contributed by atoms with van der Waals surface area (Å²) in [5.41, 5.74) is 1.16. The maximum atomic E-state index is 12.5. The fraction of sp³-hybridized carbons (Fsp3) is 0.600. The molecular formula is C15H24F2N2O. The van der Waals surface area contributed by atoms with Gasteiger partial charge in [0.2, 0.25) is 0 Å². The lowest BCUT2D eigenvalue weighted by molar-refractivity contribution is 0.0762. The van der Waals surface area contributed by atoms with Crippen molar-refractivity contribution in [3.63, 3.8) is 0 Å². The first-order valence-corrected chi connectivity index (χ1v) is 7.07. The van der Waals surface area contributed by atoms with Gasteiger partial charge < -0.3 is 10.4 Å². The predicted molar refractivity (Wildman–Crippen MR) is 77.0 cm³/mol. The summed E-state index contributed by atoms with van der Waals surface area (Å²) in [5.74, 6) is 0. The first-order chi connectivity index (χ1) is 9.67. The minimum atomic E-state index is -2.36. The van der Waals surface area contributed by atoms with E-state index in [-0.39, 0.29) is 25.7 Å². The van der Waals surface area contributed by atoms with E-state index in [0.29, 0.717) is 6.54 Å². The summed E-state index contributed by atoms with van der Waals surface area (Å²) in [6.07, 6.45) is -1.62. The lowest BCUT2D eigenvalue weighted by Crippen LogP contribution is -2.34. The summed E-state index contributed by atoms with van der Waals surface area (Å²) in [4.78, 5) is 1.61. The van der Waals surface area contributed by atoms with Gasteiger partial charge in [0, 0.05) is 19.1 Å². The molecule has 0 heterocycles. The van der Waals surface area contributed by atoms with Gasteiger partial charge in [-0.1, -0.05) is 37.3 Å². The second-order valence-corrected chi connectivity index (χ2v) is 4.72. The number of aliphatic hydroxyl groups is 1. The number of hydrogen-bond acceptors (Lipinski definition) is 3. The van der Waals surface area contributed by atoms with Crippen molar-refractivity contribution in [2.24, 2.45) is 0 Å². The molecule has 114 valence electrons. The molecule has 0 radical (unpaired) electrons. The molecule has 0 saturated carbocycles. The number of alkyl halides is 2. The van der Waals surface area contributed by atoms with Gasteiger partial charge in [0.05, 0.1) is 13.2 Å². The van der Waals surface area contributed by atoms with Crippen molar-refractivity contribution in [1.82, 2.24) is 10.2 Å². The zero-order chi connectivity index (χ0) is 14.8. The molecule has 0 aromatic heterocycles. The van der Waals surface area contributed by atoms with E-state index in [1.807, 2.05) is 37.3 Å². The minimum absolute atomic E-state index is 0.0933. The van der Waals surface area contributed by atoms with Crippen molar-refractivity contribution in [2.75, 3.05) is 32.8 Å². The van der Waals surface area contributed by atoms with Crippen molar-refractivity contribution in [3.8, 4) is 0 Å². The molecule has 0 fully saturated rings. The molecule has 0 saturated heterocycles. The molecule has 0 aliphatic rings. The highest BCUT2D eigenvalue weighted by molar-refractivity contribution is 5.18. The number of nitrogens with one attached hydrogen (secondary N) is 1. The van der Waals surface area contributed by atoms with Gasteiger partial charge in [-0.25, -0.2) is 8.78 Å². The van der Waals surface area contributed by atoms with Crippen molar-refractivity contribution in [2.45, 2.75) is 25.8 Å². The zero-order valence-corrected chi connectivity index (χ0v) is 11.9. The van der Waals surface area contributed by atoms with Gasteiger partial charge in [0.1, 0.15) is 0 Å². The Kier molecular flexibility index (Phi) is 8.34. The van der Waals surface area contributed by atoms with Gasteiger partial charge >= 0.3 is 0 Å². The fourth-order valence-corrected chi connectivity index (χ4v) is 2.26. The number of benzene rings is 1. The molecule has 2 N–H and O–H groups in total. The van der Waals surface area contributed by atoms with Crippen LogP contribution in [0.4, 0.5) is 8.78 Å². The molecule has 3 nitrogen and oxygen atoms in total. The Hall–Kier alpha value is -1.04. The summed E-state index contributed by atoms with van der Waals surface area (Å²) in [6.45, 7) is 3.31. The van der Waals surface area contributed by atoms with Crippen molar-refractivity contribution in [1.29, 1.82) is 0 Å². The van der Waals surface area contributed by atoms with Gasteiger partial charge in [-0.05, 0) is 18.5 Å². The summed E-state index contributed by atoms with van der Waals surface area (Å²) in [7, 11) is 0. The normalized spacial score (nSPS) is 13.1. The molecular weight excluding hydrogens is 262 g/mol. The maximum Gasteiger partial charge on any atom is 0.251 e. The van der Waals surface area contributed by atoms with Crippen LogP contribution in [-0.2, 0) is 0 Å². The van der Waals surface area contributed by atoms with Crippen LogP contribution in [0.5, 0.6) is 0 Å². The van der Waals surface area contributed by atoms with Crippen LogP contribution < -0.4 is 5.32 Å². The second-order valence-electron chi connectivity index (χ2n) is 4.72. The Morgan fingerprint density at radius 2 is 1.90 bits per heavy atom. The second kappa shape index (κ2) is 9.80. The lowest BCUT2D eigenvalue weighted by Gasteiger charge is -2.25. The zero-order valence-electron chi connectivity index (χ0n) is 11.9. The topological polar surface area (TPSA) is 35.5 Å². The Bertz CT molecular complexity index is 349. The summed E-state index contributed by atoms with van der Waals surface area (Å²) in [6, 6.07) is 10.1. The van der Waals surface area contributed by atoms with Gasteiger partial charge in [-0.3, -0.25) is 4.90 Å². The number of rotatable bonds is 10. The third-order valence-electron chi connectivity index (χ3n) is 3.20. The summed E-state index contributed by atoms with van der Waals surface area (Å²) in [5, 5.41) is 12.3. The Labute approximate surface area is 119 Å². The smallest absolute Gasteiger partial charge is 0.251 e. The van der Waals surface area contributed by atoms with Crippen molar-refractivity contribution >= 4 is 0 Å². The van der Waals surface area contributed by atoms with Gasteiger partial charge in [-0.2, -0.15) is 0 Å². The molecule has 20 heavy (non-hydrogen) atoms. The largest absolute Gasteiger partial charge is 0.395 e. The molecule has 5 heteroatoms. The van der Waals surface area contributed by atoms with Gasteiger partial charge in [0.25, 0.3) is 6.43 Å². The Morgan fingerprint density at radius 3 is 2.45 bits per heavy atom. The van der Waals surface area contributed by atoms with Crippen LogP contribution >= 0.6 is 0 Å². The quantitative estimate of drug-likeness (QED) is 0.693. The van der Waals surface area contributed by atoms with E-state index in [0.717, 1.165) is 18.5 Å². The molecule has 0 aliphatic heterocycles. The highest BCUT2D eigenvalue weighted by Crippen LogP contribution is 2.17. The number of halogens is 2. The average molecular weight is 286 g/mol. The van der Waals surface area contributed by atoms with E-state index in [1.54, 1.807) is 4.90 Å². The SMILES string of the molecule is CCNC(CCN(CCO)CC(F)F)c1ccccc1. The van der Waals surface area contributed by atoms with Crippen LogP contribution in [0.25, 0.3) is 0 Å². The van der Waals surface area contributed by atoms with Crippen LogP contribution in [0.3, 0.4) is 0 Å². The van der Waals surface area contributed by atoms with Crippen LogP contribution in [0.1, 0.15) is 24.9 Å². The van der Waals surface area contributed by atoms with Gasteiger partial charge in [0.15, 0.2) is 0 Å². The van der Waals surface area contributed by atoms with E-state index in [1.165, 1.54) is 0 Å². The molecule has 1 atom stereocenters. The molecule has 1 aromatic rings. The standard InChI is InChI=1S/C15H24F2N2O/c1-2-18-14(13-6-4-3-5-7-13)8-9-19(10-11-20)12-15(16)17/h3-7,14-15,18,20H,2,8-12H2,1H3. The average Bonchev–Trinajstić information content (AvgIpc) is 2.44. The van der Waals surface area contributed by atoms with E-state index in [4.69, 9.17) is 5.11 Å². The van der Waals surface area contributed by atoms with E-state index in [9.17, 15) is 8.78 Å². The minimum Gasteiger partial charge on any atom is -0.395 e. The maximum absolute atomic E-state index is 12.5. The molecule has 0 spiro atoms. The highest BCUT2D eigenvalue weighted by atomic mass is 19.3. The van der Waals surface area contributed by atoms with Crippen molar-refractivity contribution in [3.05, 3.63) is 35.9 Å². The van der Waals surface area contributed by atoms with Crippen LogP contribution in [0.2, 0.25) is 0 Å². The first kappa shape index (κ1) is 17.0. The monoisotopic (exact) mass is 286 g/mol. The molecule has 1 rings (SSSR count). The van der Waals surface area contributed by atoms with Crippen LogP contribution in [-0.4, -0.2) is 49.2 Å². The number of hydrogen-bond donors (Lipinski definition) is 2. The molecule has 0 amide bonds. The van der Waals surface area contributed by atoms with E-state index < -0.39 is 6.43 Å². The highest BCUT2D eigenvalue weighted by Gasteiger charge is 2.15. The Balaban J connectivity index is 2.56. The van der Waals surface area contributed by atoms with E-state index in [2.05, 4.69) is 5.32 Å². The first-order valence-electron chi connectivity index (χ1n) is 7.07. The number of aliphatic hydroxyl groups excluding tert-OH is 1. The lowest BCUT2D eigenvalue weighted by atomic mass is 10.0. The predicted octanol–water partition coefficient (Wildman–Crippen LogP) is 2.29. The van der Waals surface area contributed by atoms with E-state index >= 15 is 0 Å². The molecule has 1 unspecified atom stereocenters. The third-order valence-corrected chi connectivity index (χ3v) is 3.20. The van der Waals surface area contributed by atoms with Crippen molar-refractivity contribution < 1.29 is 13.9 Å². The third kappa shape index (κ3) is 6.41. The van der Waals surface area contributed by atoms with Crippen LogP contribution in [0.15, 0.2) is 30.3 Å². The summed E-state index contributed by atoms with van der Waals surface area (Å²) < 4.78 is 24.9. The molecule has 0 bridgehead atoms. The molecule has 0 aliphatic carbocycles. The molecule has 1 aromatic carbocycles.